The minimum absolute atomic E-state index is 0.0297. The summed E-state index contributed by atoms with van der Waals surface area (Å²) in [5, 5.41) is 6.62. The van der Waals surface area contributed by atoms with E-state index in [0.717, 1.165) is 5.56 Å². The van der Waals surface area contributed by atoms with E-state index in [1.54, 1.807) is 30.2 Å². The summed E-state index contributed by atoms with van der Waals surface area (Å²) < 4.78 is 15.8. The number of carbonyl (C=O) groups excluding carboxylic acids is 1. The zero-order chi connectivity index (χ0) is 13.1. The maximum absolute atomic E-state index is 13.5. The molecule has 18 heavy (non-hydrogen) atoms. The van der Waals surface area contributed by atoms with Gasteiger partial charge in [-0.25, -0.2) is 4.39 Å². The average molecular weight is 312 g/mol. The summed E-state index contributed by atoms with van der Waals surface area (Å²) in [7, 11) is 1.79. The highest BCUT2D eigenvalue weighted by atomic mass is 79.9. The molecule has 0 saturated heterocycles. The zero-order valence-electron chi connectivity index (χ0n) is 9.65. The number of hydrogen-bond acceptors (Lipinski definition) is 2. The fourth-order valence-corrected chi connectivity index (χ4v) is 1.85. The fourth-order valence-electron chi connectivity index (χ4n) is 1.51. The second kappa shape index (κ2) is 5.30. The molecule has 0 aliphatic carbocycles. The number of nitrogens with zero attached hydrogens (tertiary/aromatic N) is 2. The van der Waals surface area contributed by atoms with Crippen LogP contribution in [0.25, 0.3) is 0 Å². The number of benzene rings is 1. The van der Waals surface area contributed by atoms with Gasteiger partial charge in [0.15, 0.2) is 0 Å². The molecule has 4 nitrogen and oxygen atoms in total. The Morgan fingerprint density at radius 3 is 2.94 bits per heavy atom. The van der Waals surface area contributed by atoms with E-state index in [0.29, 0.717) is 11.0 Å². The Hall–Kier alpha value is -1.69. The topological polar surface area (TPSA) is 46.9 Å². The van der Waals surface area contributed by atoms with Crippen molar-refractivity contribution in [1.82, 2.24) is 15.1 Å². The Balaban J connectivity index is 2.03. The number of aromatic nitrogens is 2. The predicted molar refractivity (Wildman–Crippen MR) is 68.5 cm³/mol. The van der Waals surface area contributed by atoms with E-state index in [4.69, 9.17) is 0 Å². The highest BCUT2D eigenvalue weighted by Gasteiger charge is 2.11. The molecule has 1 heterocycles. The molecule has 0 spiro atoms. The summed E-state index contributed by atoms with van der Waals surface area (Å²) in [6.45, 7) is 0.322. The van der Waals surface area contributed by atoms with Crippen LogP contribution in [-0.2, 0) is 13.6 Å². The molecule has 0 bridgehead atoms. The Morgan fingerprint density at radius 1 is 1.56 bits per heavy atom. The van der Waals surface area contributed by atoms with Crippen molar-refractivity contribution in [3.63, 3.8) is 0 Å². The lowest BCUT2D eigenvalue weighted by molar-refractivity contribution is 0.0947. The van der Waals surface area contributed by atoms with Crippen LogP contribution in [0.1, 0.15) is 15.9 Å². The van der Waals surface area contributed by atoms with Crippen LogP contribution in [-0.4, -0.2) is 15.7 Å². The van der Waals surface area contributed by atoms with Gasteiger partial charge in [-0.15, -0.1) is 0 Å². The van der Waals surface area contributed by atoms with Gasteiger partial charge in [0, 0.05) is 29.8 Å². The van der Waals surface area contributed by atoms with Crippen LogP contribution in [0, 0.1) is 5.82 Å². The lowest BCUT2D eigenvalue weighted by atomic mass is 10.2. The number of halogens is 2. The third-order valence-corrected chi connectivity index (χ3v) is 2.88. The smallest absolute Gasteiger partial charge is 0.254 e. The Labute approximate surface area is 112 Å². The van der Waals surface area contributed by atoms with Crippen LogP contribution in [0.5, 0.6) is 0 Å². The van der Waals surface area contributed by atoms with Gasteiger partial charge >= 0.3 is 0 Å². The van der Waals surface area contributed by atoms with Crippen molar-refractivity contribution in [3.05, 3.63) is 52.0 Å². The number of rotatable bonds is 3. The monoisotopic (exact) mass is 311 g/mol. The van der Waals surface area contributed by atoms with Gasteiger partial charge in [0.05, 0.1) is 11.8 Å². The minimum Gasteiger partial charge on any atom is -0.348 e. The molecule has 0 unspecified atom stereocenters. The number of aryl methyl sites for hydroxylation is 1. The van der Waals surface area contributed by atoms with Gasteiger partial charge in [-0.05, 0) is 18.2 Å². The maximum Gasteiger partial charge on any atom is 0.254 e. The van der Waals surface area contributed by atoms with Crippen molar-refractivity contribution in [2.45, 2.75) is 6.54 Å². The largest absolute Gasteiger partial charge is 0.348 e. The Bertz CT molecular complexity index is 582. The molecule has 0 atom stereocenters. The van der Waals surface area contributed by atoms with Crippen LogP contribution in [0.15, 0.2) is 35.1 Å². The van der Waals surface area contributed by atoms with Gasteiger partial charge in [-0.1, -0.05) is 15.9 Å². The summed E-state index contributed by atoms with van der Waals surface area (Å²) in [6, 6.07) is 4.33. The standard InChI is InChI=1S/C12H11BrFN3O/c1-17-7-8(6-16-17)5-15-12(18)10-3-2-9(13)4-11(10)14/h2-4,6-7H,5H2,1H3,(H,15,18). The predicted octanol–water partition coefficient (Wildman–Crippen LogP) is 2.25. The van der Waals surface area contributed by atoms with Gasteiger partial charge in [0.1, 0.15) is 5.82 Å². The summed E-state index contributed by atoms with van der Waals surface area (Å²) in [6.07, 6.45) is 3.44. The van der Waals surface area contributed by atoms with E-state index in [9.17, 15) is 9.18 Å². The molecule has 6 heteroatoms. The maximum atomic E-state index is 13.5. The highest BCUT2D eigenvalue weighted by molar-refractivity contribution is 9.10. The third kappa shape index (κ3) is 2.95. The molecule has 0 fully saturated rings. The number of nitrogens with one attached hydrogen (secondary N) is 1. The fraction of sp³-hybridized carbons (Fsp3) is 0.167. The molecule has 1 aromatic carbocycles. The van der Waals surface area contributed by atoms with E-state index in [2.05, 4.69) is 26.3 Å². The summed E-state index contributed by atoms with van der Waals surface area (Å²) in [5.74, 6) is -0.989. The zero-order valence-corrected chi connectivity index (χ0v) is 11.2. The van der Waals surface area contributed by atoms with Crippen LogP contribution >= 0.6 is 15.9 Å². The highest BCUT2D eigenvalue weighted by Crippen LogP contribution is 2.15. The first-order valence-electron chi connectivity index (χ1n) is 5.27. The third-order valence-electron chi connectivity index (χ3n) is 2.39. The number of hydrogen-bond donors (Lipinski definition) is 1. The van der Waals surface area contributed by atoms with Crippen LogP contribution in [0.3, 0.4) is 0 Å². The van der Waals surface area contributed by atoms with Crippen LogP contribution < -0.4 is 5.32 Å². The molecule has 1 N–H and O–H groups in total. The average Bonchev–Trinajstić information content (AvgIpc) is 2.72. The lowest BCUT2D eigenvalue weighted by Crippen LogP contribution is -2.23. The first kappa shape index (κ1) is 12.8. The molecule has 0 saturated carbocycles. The molecule has 2 aromatic rings. The number of amides is 1. The van der Waals surface area contributed by atoms with Crippen molar-refractivity contribution in [3.8, 4) is 0 Å². The van der Waals surface area contributed by atoms with Crippen molar-refractivity contribution in [2.75, 3.05) is 0 Å². The summed E-state index contributed by atoms with van der Waals surface area (Å²) in [4.78, 5) is 11.8. The van der Waals surface area contributed by atoms with E-state index in [1.165, 1.54) is 12.1 Å². The first-order chi connectivity index (χ1) is 8.56. The van der Waals surface area contributed by atoms with Crippen molar-refractivity contribution in [1.29, 1.82) is 0 Å². The van der Waals surface area contributed by atoms with Crippen molar-refractivity contribution >= 4 is 21.8 Å². The molecule has 1 amide bonds. The van der Waals surface area contributed by atoms with E-state index in [-0.39, 0.29) is 5.56 Å². The molecule has 0 aliphatic rings. The molecular weight excluding hydrogens is 301 g/mol. The molecular formula is C12H11BrFN3O. The first-order valence-corrected chi connectivity index (χ1v) is 6.06. The quantitative estimate of drug-likeness (QED) is 0.945. The molecule has 0 radical (unpaired) electrons. The van der Waals surface area contributed by atoms with Crippen LogP contribution in [0.4, 0.5) is 4.39 Å². The van der Waals surface area contributed by atoms with E-state index < -0.39 is 11.7 Å². The molecule has 94 valence electrons. The molecule has 1 aromatic heterocycles. The van der Waals surface area contributed by atoms with Gasteiger partial charge < -0.3 is 5.32 Å². The van der Waals surface area contributed by atoms with Gasteiger partial charge in [-0.2, -0.15) is 5.10 Å². The normalized spacial score (nSPS) is 10.4. The Kier molecular flexibility index (Phi) is 3.76. The summed E-state index contributed by atoms with van der Waals surface area (Å²) >= 11 is 3.14. The second-order valence-corrected chi connectivity index (χ2v) is 4.74. The molecule has 0 aliphatic heterocycles. The van der Waals surface area contributed by atoms with Gasteiger partial charge in [-0.3, -0.25) is 9.48 Å². The van der Waals surface area contributed by atoms with Crippen molar-refractivity contribution < 1.29 is 9.18 Å². The Morgan fingerprint density at radius 2 is 2.33 bits per heavy atom. The SMILES string of the molecule is Cn1cc(CNC(=O)c2ccc(Br)cc2F)cn1. The van der Waals surface area contributed by atoms with E-state index >= 15 is 0 Å². The van der Waals surface area contributed by atoms with Gasteiger partial charge in [0.2, 0.25) is 0 Å². The van der Waals surface area contributed by atoms with Crippen molar-refractivity contribution in [2.24, 2.45) is 7.05 Å². The minimum atomic E-state index is -0.548. The lowest BCUT2D eigenvalue weighted by Gasteiger charge is -2.05. The molecule has 2 rings (SSSR count). The number of carbonyl (C=O) groups is 1. The van der Waals surface area contributed by atoms with Crippen LogP contribution in [0.2, 0.25) is 0 Å². The van der Waals surface area contributed by atoms with Gasteiger partial charge in [0.25, 0.3) is 5.91 Å². The summed E-state index contributed by atoms with van der Waals surface area (Å²) in [5.41, 5.74) is 0.894. The van der Waals surface area contributed by atoms with E-state index in [1.807, 2.05) is 0 Å². The second-order valence-electron chi connectivity index (χ2n) is 3.83.